The maximum Gasteiger partial charge on any atom is 0.132 e. The molecule has 2 rings (SSSR count). The molecule has 0 aliphatic carbocycles. The van der Waals surface area contributed by atoms with E-state index >= 15 is 0 Å². The van der Waals surface area contributed by atoms with E-state index in [1.165, 1.54) is 5.56 Å². The molecule has 0 saturated carbocycles. The number of aryl methyl sites for hydroxylation is 1. The van der Waals surface area contributed by atoms with Crippen molar-refractivity contribution < 1.29 is 9.84 Å². The largest absolute Gasteiger partial charge is 0.487 e. The van der Waals surface area contributed by atoms with E-state index in [9.17, 15) is 5.11 Å². The van der Waals surface area contributed by atoms with Gasteiger partial charge in [0.25, 0.3) is 0 Å². The molecule has 1 aromatic heterocycles. The van der Waals surface area contributed by atoms with Crippen molar-refractivity contribution >= 4 is 0 Å². The zero-order valence-corrected chi connectivity index (χ0v) is 12.8. The molecule has 112 valence electrons. The van der Waals surface area contributed by atoms with Crippen LogP contribution in [0.3, 0.4) is 0 Å². The Morgan fingerprint density at radius 2 is 2.14 bits per heavy atom. The molecular weight excluding hydrogens is 266 g/mol. The standard InChI is InChI=1S/C16H21N3O2/c1-11(2)8-19-15(14(9-20)17-18-19)10-21-16-7-5-6-12(3)13(16)4/h5-7,20H,1,8-10H2,2-4H3. The van der Waals surface area contributed by atoms with Gasteiger partial charge in [0.15, 0.2) is 0 Å². The molecule has 0 unspecified atom stereocenters. The number of ether oxygens (including phenoxy) is 1. The van der Waals surface area contributed by atoms with E-state index < -0.39 is 0 Å². The summed E-state index contributed by atoms with van der Waals surface area (Å²) in [6, 6.07) is 5.95. The summed E-state index contributed by atoms with van der Waals surface area (Å²) in [5.74, 6) is 0.835. The van der Waals surface area contributed by atoms with Gasteiger partial charge in [-0.1, -0.05) is 29.5 Å². The van der Waals surface area contributed by atoms with E-state index in [2.05, 4.69) is 16.9 Å². The number of allylic oxidation sites excluding steroid dienone is 1. The molecule has 1 heterocycles. The van der Waals surface area contributed by atoms with Gasteiger partial charge in [-0.3, -0.25) is 0 Å². The van der Waals surface area contributed by atoms with Crippen molar-refractivity contribution in [2.24, 2.45) is 0 Å². The smallest absolute Gasteiger partial charge is 0.132 e. The summed E-state index contributed by atoms with van der Waals surface area (Å²) in [4.78, 5) is 0. The molecule has 0 fully saturated rings. The highest BCUT2D eigenvalue weighted by atomic mass is 16.5. The lowest BCUT2D eigenvalue weighted by molar-refractivity contribution is 0.261. The van der Waals surface area contributed by atoms with Crippen LogP contribution in [0.5, 0.6) is 5.75 Å². The van der Waals surface area contributed by atoms with E-state index in [1.54, 1.807) is 4.68 Å². The number of nitrogens with zero attached hydrogens (tertiary/aromatic N) is 3. The molecule has 21 heavy (non-hydrogen) atoms. The van der Waals surface area contributed by atoms with E-state index in [0.29, 0.717) is 18.8 Å². The molecule has 0 bridgehead atoms. The van der Waals surface area contributed by atoms with E-state index in [-0.39, 0.29) is 6.61 Å². The zero-order chi connectivity index (χ0) is 15.4. The highest BCUT2D eigenvalue weighted by Gasteiger charge is 2.13. The van der Waals surface area contributed by atoms with Gasteiger partial charge in [-0.2, -0.15) is 0 Å². The van der Waals surface area contributed by atoms with Crippen LogP contribution >= 0.6 is 0 Å². The molecular formula is C16H21N3O2. The average Bonchev–Trinajstić information content (AvgIpc) is 2.82. The first-order chi connectivity index (χ1) is 10.0. The van der Waals surface area contributed by atoms with Gasteiger partial charge in [-0.05, 0) is 38.0 Å². The van der Waals surface area contributed by atoms with E-state index in [4.69, 9.17) is 4.74 Å². The van der Waals surface area contributed by atoms with Gasteiger partial charge in [0.2, 0.25) is 0 Å². The number of hydrogen-bond acceptors (Lipinski definition) is 4. The number of hydrogen-bond donors (Lipinski definition) is 1. The monoisotopic (exact) mass is 287 g/mol. The predicted molar refractivity (Wildman–Crippen MR) is 81.0 cm³/mol. The van der Waals surface area contributed by atoms with Crippen molar-refractivity contribution in [3.63, 3.8) is 0 Å². The zero-order valence-electron chi connectivity index (χ0n) is 12.8. The van der Waals surface area contributed by atoms with Crippen molar-refractivity contribution in [1.29, 1.82) is 0 Å². The fourth-order valence-electron chi connectivity index (χ4n) is 2.06. The summed E-state index contributed by atoms with van der Waals surface area (Å²) in [6.45, 7) is 10.6. The van der Waals surface area contributed by atoms with Crippen LogP contribution in [-0.4, -0.2) is 20.1 Å². The lowest BCUT2D eigenvalue weighted by Gasteiger charge is -2.12. The lowest BCUT2D eigenvalue weighted by atomic mass is 10.1. The Morgan fingerprint density at radius 3 is 2.81 bits per heavy atom. The van der Waals surface area contributed by atoms with Crippen molar-refractivity contribution in [1.82, 2.24) is 15.0 Å². The quantitative estimate of drug-likeness (QED) is 0.829. The van der Waals surface area contributed by atoms with E-state index in [1.807, 2.05) is 39.0 Å². The Bertz CT molecular complexity index is 647. The van der Waals surface area contributed by atoms with Gasteiger partial charge in [-0.15, -0.1) is 5.10 Å². The minimum Gasteiger partial charge on any atom is -0.487 e. The average molecular weight is 287 g/mol. The second kappa shape index (κ2) is 6.54. The Morgan fingerprint density at radius 1 is 1.38 bits per heavy atom. The summed E-state index contributed by atoms with van der Waals surface area (Å²) in [5, 5.41) is 17.4. The van der Waals surface area contributed by atoms with Gasteiger partial charge in [0.1, 0.15) is 23.7 Å². The maximum atomic E-state index is 9.37. The highest BCUT2D eigenvalue weighted by molar-refractivity contribution is 5.38. The fraction of sp³-hybridized carbons (Fsp3) is 0.375. The third-order valence-electron chi connectivity index (χ3n) is 3.41. The Hall–Kier alpha value is -2.14. The summed E-state index contributed by atoms with van der Waals surface area (Å²) in [5.41, 5.74) is 4.59. The number of aliphatic hydroxyl groups excluding tert-OH is 1. The van der Waals surface area contributed by atoms with Crippen LogP contribution in [0.25, 0.3) is 0 Å². The maximum absolute atomic E-state index is 9.37. The van der Waals surface area contributed by atoms with Crippen molar-refractivity contribution in [2.45, 2.75) is 40.5 Å². The van der Waals surface area contributed by atoms with Crippen LogP contribution < -0.4 is 4.74 Å². The molecule has 0 aliphatic heterocycles. The topological polar surface area (TPSA) is 60.2 Å². The van der Waals surface area contributed by atoms with Crippen LogP contribution in [0.2, 0.25) is 0 Å². The normalized spacial score (nSPS) is 10.7. The van der Waals surface area contributed by atoms with Gasteiger partial charge in [-0.25, -0.2) is 4.68 Å². The molecule has 2 aromatic rings. The van der Waals surface area contributed by atoms with Gasteiger partial charge < -0.3 is 9.84 Å². The van der Waals surface area contributed by atoms with Crippen molar-refractivity contribution in [2.75, 3.05) is 0 Å². The lowest BCUT2D eigenvalue weighted by Crippen LogP contribution is -2.10. The second-order valence-corrected chi connectivity index (χ2v) is 5.24. The highest BCUT2D eigenvalue weighted by Crippen LogP contribution is 2.22. The first-order valence-corrected chi connectivity index (χ1v) is 6.88. The molecule has 1 N–H and O–H groups in total. The summed E-state index contributed by atoms with van der Waals surface area (Å²) in [7, 11) is 0. The number of aromatic nitrogens is 3. The minimum absolute atomic E-state index is 0.151. The molecule has 5 nitrogen and oxygen atoms in total. The Labute approximate surface area is 124 Å². The Balaban J connectivity index is 2.20. The fourth-order valence-corrected chi connectivity index (χ4v) is 2.06. The minimum atomic E-state index is -0.151. The molecule has 0 amide bonds. The molecule has 1 aromatic carbocycles. The van der Waals surface area contributed by atoms with Crippen LogP contribution in [-0.2, 0) is 19.8 Å². The van der Waals surface area contributed by atoms with Gasteiger partial charge >= 0.3 is 0 Å². The summed E-state index contributed by atoms with van der Waals surface area (Å²) >= 11 is 0. The summed E-state index contributed by atoms with van der Waals surface area (Å²) in [6.07, 6.45) is 0. The second-order valence-electron chi connectivity index (χ2n) is 5.24. The van der Waals surface area contributed by atoms with Crippen LogP contribution in [0.4, 0.5) is 0 Å². The first-order valence-electron chi connectivity index (χ1n) is 6.88. The first kappa shape index (κ1) is 15.3. The SMILES string of the molecule is C=C(C)Cn1nnc(CO)c1COc1cccc(C)c1C. The predicted octanol–water partition coefficient (Wildman–Crippen LogP) is 2.54. The van der Waals surface area contributed by atoms with Crippen molar-refractivity contribution in [3.8, 4) is 5.75 Å². The molecule has 0 radical (unpaired) electrons. The molecule has 0 saturated heterocycles. The van der Waals surface area contributed by atoms with Gasteiger partial charge in [0, 0.05) is 0 Å². The van der Waals surface area contributed by atoms with Crippen LogP contribution in [0, 0.1) is 13.8 Å². The van der Waals surface area contributed by atoms with Crippen molar-refractivity contribution in [3.05, 3.63) is 52.9 Å². The molecule has 0 aliphatic rings. The summed E-state index contributed by atoms with van der Waals surface area (Å²) < 4.78 is 7.61. The van der Waals surface area contributed by atoms with Gasteiger partial charge in [0.05, 0.1) is 13.2 Å². The third kappa shape index (κ3) is 3.49. The number of aliphatic hydroxyl groups is 1. The number of rotatable bonds is 6. The molecule has 0 spiro atoms. The Kier molecular flexibility index (Phi) is 4.75. The van der Waals surface area contributed by atoms with E-state index in [0.717, 1.165) is 22.6 Å². The number of benzene rings is 1. The van der Waals surface area contributed by atoms with Crippen LogP contribution in [0.1, 0.15) is 29.4 Å². The van der Waals surface area contributed by atoms with Crippen LogP contribution in [0.15, 0.2) is 30.4 Å². The third-order valence-corrected chi connectivity index (χ3v) is 3.41. The molecule has 0 atom stereocenters. The molecule has 5 heteroatoms.